The van der Waals surface area contributed by atoms with E-state index in [0.29, 0.717) is 30.1 Å². The van der Waals surface area contributed by atoms with Crippen molar-refractivity contribution in [1.82, 2.24) is 15.3 Å². The van der Waals surface area contributed by atoms with Gasteiger partial charge in [-0.05, 0) is 28.8 Å². The molecule has 6 rings (SSSR count). The molecule has 5 aromatic rings. The van der Waals surface area contributed by atoms with Crippen LogP contribution >= 0.6 is 0 Å². The van der Waals surface area contributed by atoms with Crippen molar-refractivity contribution in [2.75, 3.05) is 25.0 Å². The maximum absolute atomic E-state index is 14.9. The molecule has 0 aliphatic carbocycles. The van der Waals surface area contributed by atoms with Crippen LogP contribution in [0.4, 0.5) is 10.1 Å². The summed E-state index contributed by atoms with van der Waals surface area (Å²) < 4.78 is 20.5. The molecule has 1 atom stereocenters. The number of halogens is 1. The molecule has 41 heavy (non-hydrogen) atoms. The van der Waals surface area contributed by atoms with E-state index in [4.69, 9.17) is 9.72 Å². The maximum Gasteiger partial charge on any atom is 0.275 e. The van der Waals surface area contributed by atoms with Crippen molar-refractivity contribution < 1.29 is 13.9 Å². The highest BCUT2D eigenvalue weighted by molar-refractivity contribution is 6.02. The van der Waals surface area contributed by atoms with E-state index in [0.717, 1.165) is 23.2 Å². The quantitative estimate of drug-likeness (QED) is 0.249. The number of amides is 1. The number of ether oxygens (including phenoxy) is 1. The monoisotopic (exact) mass is 544 g/mol. The largest absolute Gasteiger partial charge is 0.371 e. The lowest BCUT2D eigenvalue weighted by molar-refractivity contribution is 0.0255. The Bertz CT molecular complexity index is 1510. The van der Waals surface area contributed by atoms with Crippen LogP contribution in [-0.4, -0.2) is 35.6 Å². The zero-order valence-electron chi connectivity index (χ0n) is 22.3. The van der Waals surface area contributed by atoms with Crippen LogP contribution in [0, 0.1) is 5.82 Å². The molecular formula is C34H29FN4O2. The molecule has 7 heteroatoms. The molecule has 0 radical (unpaired) electrons. The predicted molar refractivity (Wildman–Crippen MR) is 156 cm³/mol. The molecule has 1 fully saturated rings. The molecule has 1 aliphatic rings. The van der Waals surface area contributed by atoms with E-state index in [-0.39, 0.29) is 11.8 Å². The van der Waals surface area contributed by atoms with E-state index in [9.17, 15) is 9.18 Å². The molecular weight excluding hydrogens is 515 g/mol. The second-order valence-electron chi connectivity index (χ2n) is 9.89. The highest BCUT2D eigenvalue weighted by Crippen LogP contribution is 2.43. The molecule has 0 bridgehead atoms. The van der Waals surface area contributed by atoms with Gasteiger partial charge in [0.05, 0.1) is 36.2 Å². The average molecular weight is 545 g/mol. The Morgan fingerprint density at radius 2 is 1.44 bits per heavy atom. The number of hydrogen-bond acceptors (Lipinski definition) is 5. The van der Waals surface area contributed by atoms with Gasteiger partial charge in [0.2, 0.25) is 0 Å². The summed E-state index contributed by atoms with van der Waals surface area (Å²) in [6.45, 7) is 1.81. The maximum atomic E-state index is 14.9. The van der Waals surface area contributed by atoms with Gasteiger partial charge in [0.1, 0.15) is 11.5 Å². The molecule has 0 saturated carbocycles. The van der Waals surface area contributed by atoms with Gasteiger partial charge in [-0.3, -0.25) is 9.78 Å². The first-order valence-electron chi connectivity index (χ1n) is 13.6. The van der Waals surface area contributed by atoms with Crippen LogP contribution in [0.5, 0.6) is 0 Å². The van der Waals surface area contributed by atoms with Gasteiger partial charge in [-0.2, -0.15) is 0 Å². The molecule has 6 nitrogen and oxygen atoms in total. The first-order valence-corrected chi connectivity index (χ1v) is 13.6. The van der Waals surface area contributed by atoms with E-state index < -0.39 is 17.1 Å². The van der Waals surface area contributed by atoms with E-state index in [1.165, 1.54) is 12.3 Å². The smallest absolute Gasteiger partial charge is 0.275 e. The summed E-state index contributed by atoms with van der Waals surface area (Å²) in [5, 5.41) is 5.94. The summed E-state index contributed by atoms with van der Waals surface area (Å²) in [7, 11) is 0. The fourth-order valence-corrected chi connectivity index (χ4v) is 5.47. The number of rotatable bonds is 7. The van der Waals surface area contributed by atoms with Gasteiger partial charge in [0.15, 0.2) is 0 Å². The first-order chi connectivity index (χ1) is 20.2. The SMILES string of the molecule is O=C(Nc1ccc(C2CNCCO2)c(F)c1)c1cnc(C(c2ccccc2)(c2ccccc2)c2ccccc2)cn1. The third-order valence-electron chi connectivity index (χ3n) is 7.42. The molecule has 2 N–H and O–H groups in total. The fourth-order valence-electron chi connectivity index (χ4n) is 5.47. The van der Waals surface area contributed by atoms with Crippen LogP contribution < -0.4 is 10.6 Å². The number of carbonyl (C=O) groups is 1. The van der Waals surface area contributed by atoms with E-state index in [1.807, 2.05) is 54.6 Å². The second kappa shape index (κ2) is 11.8. The highest BCUT2D eigenvalue weighted by atomic mass is 19.1. The first kappa shape index (κ1) is 26.5. The summed E-state index contributed by atoms with van der Waals surface area (Å²) in [5.74, 6) is -0.909. The Kier molecular flexibility index (Phi) is 7.63. The number of benzene rings is 4. The standard InChI is InChI=1S/C34H29FN4O2/c35-29-20-27(16-17-28(29)31-22-36-18-19-41-31)39-33(40)30-21-38-32(23-37-30)34(24-10-4-1-5-11-24,25-12-6-2-7-13-25)26-14-8-3-9-15-26/h1-17,20-21,23,31,36H,18-19,22H2,(H,39,40). The number of nitrogens with zero attached hydrogens (tertiary/aromatic N) is 2. The molecule has 4 aromatic carbocycles. The lowest BCUT2D eigenvalue weighted by atomic mass is 9.67. The van der Waals surface area contributed by atoms with Crippen molar-refractivity contribution in [3.63, 3.8) is 0 Å². The van der Waals surface area contributed by atoms with Gasteiger partial charge in [-0.15, -0.1) is 0 Å². The summed E-state index contributed by atoms with van der Waals surface area (Å²) in [6.07, 6.45) is 2.77. The van der Waals surface area contributed by atoms with Gasteiger partial charge in [0.25, 0.3) is 5.91 Å². The van der Waals surface area contributed by atoms with Crippen LogP contribution in [0.25, 0.3) is 0 Å². The number of carbonyl (C=O) groups excluding carboxylic acids is 1. The summed E-state index contributed by atoms with van der Waals surface area (Å²) in [5.41, 5.74) is 3.90. The predicted octanol–water partition coefficient (Wildman–Crippen LogP) is 5.91. The number of anilines is 1. The van der Waals surface area contributed by atoms with Gasteiger partial charge in [-0.25, -0.2) is 9.37 Å². The number of morpholine rings is 1. The average Bonchev–Trinajstić information content (AvgIpc) is 3.04. The van der Waals surface area contributed by atoms with Gasteiger partial charge in [0, 0.05) is 24.3 Å². The normalized spacial score (nSPS) is 15.3. The second-order valence-corrected chi connectivity index (χ2v) is 9.89. The lowest BCUT2D eigenvalue weighted by Gasteiger charge is -2.35. The molecule has 1 aliphatic heterocycles. The Balaban J connectivity index is 1.34. The zero-order valence-corrected chi connectivity index (χ0v) is 22.3. The van der Waals surface area contributed by atoms with Gasteiger partial charge >= 0.3 is 0 Å². The Morgan fingerprint density at radius 1 is 0.829 bits per heavy atom. The Hall–Kier alpha value is -4.72. The highest BCUT2D eigenvalue weighted by Gasteiger charge is 2.40. The van der Waals surface area contributed by atoms with E-state index in [1.54, 1.807) is 18.3 Å². The number of aromatic nitrogens is 2. The molecule has 204 valence electrons. The van der Waals surface area contributed by atoms with Crippen molar-refractivity contribution in [3.8, 4) is 0 Å². The minimum Gasteiger partial charge on any atom is -0.371 e. The van der Waals surface area contributed by atoms with E-state index in [2.05, 4.69) is 52.0 Å². The van der Waals surface area contributed by atoms with Crippen molar-refractivity contribution in [1.29, 1.82) is 0 Å². The summed E-state index contributed by atoms with van der Waals surface area (Å²) >= 11 is 0. The molecule has 0 spiro atoms. The van der Waals surface area contributed by atoms with Crippen LogP contribution in [0.1, 0.15) is 44.5 Å². The lowest BCUT2D eigenvalue weighted by Crippen LogP contribution is -2.33. The van der Waals surface area contributed by atoms with Crippen molar-refractivity contribution in [2.45, 2.75) is 11.5 Å². The molecule has 2 heterocycles. The zero-order chi connectivity index (χ0) is 28.1. The minimum atomic E-state index is -0.763. The van der Waals surface area contributed by atoms with Crippen molar-refractivity contribution in [3.05, 3.63) is 161 Å². The third-order valence-corrected chi connectivity index (χ3v) is 7.42. The van der Waals surface area contributed by atoms with E-state index >= 15 is 0 Å². The molecule has 1 aromatic heterocycles. The fraction of sp³-hybridized carbons (Fsp3) is 0.147. The Morgan fingerprint density at radius 3 is 1.93 bits per heavy atom. The van der Waals surface area contributed by atoms with Crippen molar-refractivity contribution in [2.24, 2.45) is 0 Å². The van der Waals surface area contributed by atoms with Crippen LogP contribution in [-0.2, 0) is 10.2 Å². The molecule has 1 amide bonds. The Labute approximate surface area is 238 Å². The van der Waals surface area contributed by atoms with Gasteiger partial charge in [-0.1, -0.05) is 97.1 Å². The van der Waals surface area contributed by atoms with Crippen LogP contribution in [0.15, 0.2) is 122 Å². The number of nitrogens with one attached hydrogen (secondary N) is 2. The van der Waals surface area contributed by atoms with Crippen molar-refractivity contribution >= 4 is 11.6 Å². The van der Waals surface area contributed by atoms with Crippen LogP contribution in [0.3, 0.4) is 0 Å². The van der Waals surface area contributed by atoms with Crippen LogP contribution in [0.2, 0.25) is 0 Å². The molecule has 1 unspecified atom stereocenters. The summed E-state index contributed by atoms with van der Waals surface area (Å²) in [6, 6.07) is 35.1. The third kappa shape index (κ3) is 5.25. The minimum absolute atomic E-state index is 0.126. The molecule has 1 saturated heterocycles. The topological polar surface area (TPSA) is 76.1 Å². The van der Waals surface area contributed by atoms with Gasteiger partial charge < -0.3 is 15.4 Å². The summed E-state index contributed by atoms with van der Waals surface area (Å²) in [4.78, 5) is 22.5. The number of hydrogen-bond donors (Lipinski definition) is 2.